The summed E-state index contributed by atoms with van der Waals surface area (Å²) in [6.45, 7) is 3.25. The number of ether oxygens (including phenoxy) is 1. The number of aliphatic hydroxyl groups is 1. The van der Waals surface area contributed by atoms with Gasteiger partial charge in [-0.1, -0.05) is 12.8 Å². The summed E-state index contributed by atoms with van der Waals surface area (Å²) in [6.07, 6.45) is 4.47. The summed E-state index contributed by atoms with van der Waals surface area (Å²) in [7, 11) is -4.19. The second-order valence-corrected chi connectivity index (χ2v) is 4.94. The van der Waals surface area contributed by atoms with Gasteiger partial charge < -0.3 is 9.84 Å². The van der Waals surface area contributed by atoms with Crippen LogP contribution in [0.3, 0.4) is 0 Å². The van der Waals surface area contributed by atoms with Crippen LogP contribution in [0.5, 0.6) is 0 Å². The molecule has 0 aliphatic rings. The SMILES string of the molecule is C#C[C@](C)(CC)OC[C@@H](O)CS(=O)(=O)O. The summed E-state index contributed by atoms with van der Waals surface area (Å²) in [4.78, 5) is 0. The predicted molar refractivity (Wildman–Crippen MR) is 55.9 cm³/mol. The second kappa shape index (κ2) is 5.47. The molecule has 0 amide bonds. The van der Waals surface area contributed by atoms with Gasteiger partial charge in [-0.2, -0.15) is 8.42 Å². The Morgan fingerprint density at radius 1 is 1.60 bits per heavy atom. The summed E-state index contributed by atoms with van der Waals surface area (Å²) in [5.41, 5.74) is -0.819. The molecule has 0 aromatic rings. The van der Waals surface area contributed by atoms with Gasteiger partial charge in [0.15, 0.2) is 0 Å². The van der Waals surface area contributed by atoms with Gasteiger partial charge >= 0.3 is 0 Å². The molecule has 0 aliphatic carbocycles. The van der Waals surface area contributed by atoms with Crippen molar-refractivity contribution in [2.75, 3.05) is 12.4 Å². The van der Waals surface area contributed by atoms with Crippen LogP contribution in [0.2, 0.25) is 0 Å². The maximum Gasteiger partial charge on any atom is 0.267 e. The third-order valence-corrected chi connectivity index (χ3v) is 2.78. The monoisotopic (exact) mass is 236 g/mol. The predicted octanol–water partition coefficient (Wildman–Crippen LogP) is 0.0536. The first-order valence-electron chi connectivity index (χ1n) is 4.47. The molecule has 5 nitrogen and oxygen atoms in total. The lowest BCUT2D eigenvalue weighted by molar-refractivity contribution is -0.0327. The number of terminal acetylenes is 1. The lowest BCUT2D eigenvalue weighted by Gasteiger charge is -2.23. The maximum atomic E-state index is 10.4. The van der Waals surface area contributed by atoms with Crippen molar-refractivity contribution in [3.63, 3.8) is 0 Å². The Bertz CT molecular complexity index is 329. The molecule has 0 saturated carbocycles. The molecule has 15 heavy (non-hydrogen) atoms. The molecule has 0 heterocycles. The van der Waals surface area contributed by atoms with Gasteiger partial charge in [0.1, 0.15) is 11.4 Å². The van der Waals surface area contributed by atoms with Crippen molar-refractivity contribution in [3.05, 3.63) is 0 Å². The quantitative estimate of drug-likeness (QED) is 0.503. The van der Waals surface area contributed by atoms with Crippen LogP contribution >= 0.6 is 0 Å². The van der Waals surface area contributed by atoms with E-state index in [2.05, 4.69) is 5.92 Å². The Labute approximate surface area is 90.2 Å². The van der Waals surface area contributed by atoms with E-state index in [4.69, 9.17) is 15.7 Å². The highest BCUT2D eigenvalue weighted by molar-refractivity contribution is 7.85. The molecule has 2 N–H and O–H groups in total. The molecule has 0 rings (SSSR count). The minimum atomic E-state index is -4.19. The number of hydrogen-bond donors (Lipinski definition) is 2. The van der Waals surface area contributed by atoms with Gasteiger partial charge in [0.2, 0.25) is 0 Å². The first kappa shape index (κ1) is 14.4. The van der Waals surface area contributed by atoms with Crippen LogP contribution < -0.4 is 0 Å². The van der Waals surface area contributed by atoms with Crippen molar-refractivity contribution in [1.82, 2.24) is 0 Å². The molecule has 6 heteroatoms. The Morgan fingerprint density at radius 2 is 2.13 bits per heavy atom. The van der Waals surface area contributed by atoms with Crippen LogP contribution in [0.4, 0.5) is 0 Å². The summed E-state index contributed by atoms with van der Waals surface area (Å²) in [5.74, 6) is 1.65. The van der Waals surface area contributed by atoms with Gasteiger partial charge in [-0.05, 0) is 13.3 Å². The first-order chi connectivity index (χ1) is 6.72. The summed E-state index contributed by atoms with van der Waals surface area (Å²) >= 11 is 0. The average Bonchev–Trinajstić information content (AvgIpc) is 2.12. The van der Waals surface area contributed by atoms with Gasteiger partial charge in [0, 0.05) is 0 Å². The van der Waals surface area contributed by atoms with E-state index >= 15 is 0 Å². The van der Waals surface area contributed by atoms with E-state index in [1.165, 1.54) is 0 Å². The minimum absolute atomic E-state index is 0.228. The van der Waals surface area contributed by atoms with Crippen molar-refractivity contribution < 1.29 is 22.8 Å². The van der Waals surface area contributed by atoms with Crippen molar-refractivity contribution in [2.24, 2.45) is 0 Å². The number of aliphatic hydroxyl groups excluding tert-OH is 1. The van der Waals surface area contributed by atoms with Gasteiger partial charge in [0.05, 0.1) is 12.7 Å². The molecule has 0 radical (unpaired) electrons. The Hall–Kier alpha value is -0.610. The van der Waals surface area contributed by atoms with Gasteiger partial charge in [0.25, 0.3) is 10.1 Å². The standard InChI is InChI=1S/C9H16O5S/c1-4-9(3,5-2)14-6-8(10)7-15(11,12)13/h1,8,10H,5-7H2,2-3H3,(H,11,12,13)/t8-,9-/m1/s1. The fourth-order valence-corrected chi connectivity index (χ4v) is 1.40. The fourth-order valence-electron chi connectivity index (χ4n) is 0.817. The van der Waals surface area contributed by atoms with Crippen LogP contribution in [0.15, 0.2) is 0 Å². The summed E-state index contributed by atoms with van der Waals surface area (Å²) in [6, 6.07) is 0. The highest BCUT2D eigenvalue weighted by Gasteiger charge is 2.22. The second-order valence-electron chi connectivity index (χ2n) is 3.44. The molecule has 0 bridgehead atoms. The smallest absolute Gasteiger partial charge is 0.267 e. The van der Waals surface area contributed by atoms with Crippen LogP contribution in [0.1, 0.15) is 20.3 Å². The van der Waals surface area contributed by atoms with E-state index in [1.807, 2.05) is 6.92 Å². The lowest BCUT2D eigenvalue weighted by atomic mass is 10.1. The van der Waals surface area contributed by atoms with Gasteiger partial charge in [-0.3, -0.25) is 4.55 Å². The molecule has 88 valence electrons. The van der Waals surface area contributed by atoms with Crippen LogP contribution in [-0.2, 0) is 14.9 Å². The molecule has 0 aromatic heterocycles. The Balaban J connectivity index is 4.13. The molecule has 0 saturated heterocycles. The molecule has 0 spiro atoms. The highest BCUT2D eigenvalue weighted by Crippen LogP contribution is 2.13. The molecule has 0 aliphatic heterocycles. The number of hydrogen-bond acceptors (Lipinski definition) is 4. The third kappa shape index (κ3) is 6.47. The van der Waals surface area contributed by atoms with Gasteiger partial charge in [-0.15, -0.1) is 6.42 Å². The Morgan fingerprint density at radius 3 is 2.47 bits per heavy atom. The van der Waals surface area contributed by atoms with E-state index in [9.17, 15) is 13.5 Å². The van der Waals surface area contributed by atoms with Crippen molar-refractivity contribution >= 4 is 10.1 Å². The molecule has 0 aromatic carbocycles. The molecular weight excluding hydrogens is 220 g/mol. The lowest BCUT2D eigenvalue weighted by Crippen LogP contribution is -2.33. The number of rotatable bonds is 6. The zero-order chi connectivity index (χ0) is 12.1. The van der Waals surface area contributed by atoms with E-state index < -0.39 is 27.6 Å². The average molecular weight is 236 g/mol. The normalized spacial score (nSPS) is 17.8. The van der Waals surface area contributed by atoms with E-state index in [0.29, 0.717) is 6.42 Å². The fraction of sp³-hybridized carbons (Fsp3) is 0.778. The first-order valence-corrected chi connectivity index (χ1v) is 6.08. The largest absolute Gasteiger partial charge is 0.390 e. The van der Waals surface area contributed by atoms with E-state index in [1.54, 1.807) is 6.92 Å². The Kier molecular flexibility index (Phi) is 5.24. The third-order valence-electron chi connectivity index (χ3n) is 1.98. The zero-order valence-electron chi connectivity index (χ0n) is 8.80. The topological polar surface area (TPSA) is 83.8 Å². The molecule has 0 unspecified atom stereocenters. The zero-order valence-corrected chi connectivity index (χ0v) is 9.62. The van der Waals surface area contributed by atoms with Crippen LogP contribution in [0.25, 0.3) is 0 Å². The van der Waals surface area contributed by atoms with Gasteiger partial charge in [-0.25, -0.2) is 0 Å². The van der Waals surface area contributed by atoms with Crippen molar-refractivity contribution in [2.45, 2.75) is 32.0 Å². The van der Waals surface area contributed by atoms with Crippen molar-refractivity contribution in [3.8, 4) is 12.3 Å². The van der Waals surface area contributed by atoms with E-state index in [-0.39, 0.29) is 6.61 Å². The molecular formula is C9H16O5S. The molecule has 0 fully saturated rings. The maximum absolute atomic E-state index is 10.4. The minimum Gasteiger partial charge on any atom is -0.390 e. The highest BCUT2D eigenvalue weighted by atomic mass is 32.2. The van der Waals surface area contributed by atoms with Crippen LogP contribution in [-0.4, -0.2) is 42.1 Å². The summed E-state index contributed by atoms with van der Waals surface area (Å²) in [5, 5.41) is 9.21. The van der Waals surface area contributed by atoms with Crippen molar-refractivity contribution in [1.29, 1.82) is 0 Å². The van der Waals surface area contributed by atoms with E-state index in [0.717, 1.165) is 0 Å². The van der Waals surface area contributed by atoms with Crippen LogP contribution in [0, 0.1) is 12.3 Å². The molecule has 2 atom stereocenters. The summed E-state index contributed by atoms with van der Waals surface area (Å²) < 4.78 is 34.4.